The van der Waals surface area contributed by atoms with Gasteiger partial charge in [-0.15, -0.1) is 0 Å². The minimum absolute atomic E-state index is 0.246. The van der Waals surface area contributed by atoms with Gasteiger partial charge in [0.25, 0.3) is 0 Å². The molecule has 17 heavy (non-hydrogen) atoms. The Morgan fingerprint density at radius 1 is 1.29 bits per heavy atom. The molecule has 3 nitrogen and oxygen atoms in total. The summed E-state index contributed by atoms with van der Waals surface area (Å²) in [6, 6.07) is 4.90. The molecule has 0 aliphatic carbocycles. The fraction of sp³-hybridized carbons (Fsp3) is 0.250. The Morgan fingerprint density at radius 3 is 2.53 bits per heavy atom. The highest BCUT2D eigenvalue weighted by Gasteiger charge is 1.98. The van der Waals surface area contributed by atoms with Crippen LogP contribution in [0.25, 0.3) is 0 Å². The molecule has 0 fully saturated rings. The summed E-state index contributed by atoms with van der Waals surface area (Å²) in [5.41, 5.74) is 0. The Kier molecular flexibility index (Phi) is 5.87. The molecule has 0 spiro atoms. The number of hydrogen-bond acceptors (Lipinski definition) is 3. The first-order valence-electron chi connectivity index (χ1n) is 5.04. The van der Waals surface area contributed by atoms with Crippen LogP contribution in [0.5, 0.6) is 5.75 Å². The molecule has 0 bridgehead atoms. The Hall–Kier alpha value is -1.19. The molecule has 0 atom stereocenters. The maximum atomic E-state index is 11.0. The number of esters is 1. The van der Waals surface area contributed by atoms with Gasteiger partial charge in [-0.2, -0.15) is 0 Å². The number of carbonyl (C=O) groups excluding carboxylic acids is 1. The van der Waals surface area contributed by atoms with Crippen LogP contribution in [-0.4, -0.2) is 19.2 Å². The van der Waals surface area contributed by atoms with Crippen molar-refractivity contribution >= 4 is 29.2 Å². The SMILES string of the molecule is CCOC(=O)/C=C/COc1cc(Cl)cc(Cl)c1. The molecule has 1 aromatic carbocycles. The normalized spacial score (nSPS) is 10.5. The Bertz CT molecular complexity index is 396. The van der Waals surface area contributed by atoms with Crippen LogP contribution in [0, 0.1) is 0 Å². The molecule has 0 saturated heterocycles. The van der Waals surface area contributed by atoms with Crippen LogP contribution in [0.2, 0.25) is 10.0 Å². The zero-order valence-corrected chi connectivity index (χ0v) is 10.8. The summed E-state index contributed by atoms with van der Waals surface area (Å²) < 4.78 is 10.0. The summed E-state index contributed by atoms with van der Waals surface area (Å²) in [7, 11) is 0. The van der Waals surface area contributed by atoms with Crippen molar-refractivity contribution in [2.24, 2.45) is 0 Å². The van der Waals surface area contributed by atoms with Gasteiger partial charge in [-0.3, -0.25) is 0 Å². The molecule has 0 unspecified atom stereocenters. The second kappa shape index (κ2) is 7.20. The van der Waals surface area contributed by atoms with Gasteiger partial charge in [-0.25, -0.2) is 4.79 Å². The molecule has 1 aromatic rings. The van der Waals surface area contributed by atoms with E-state index < -0.39 is 0 Å². The van der Waals surface area contributed by atoms with Crippen molar-refractivity contribution in [2.45, 2.75) is 6.92 Å². The molecule has 0 aromatic heterocycles. The van der Waals surface area contributed by atoms with Gasteiger partial charge in [0.1, 0.15) is 12.4 Å². The highest BCUT2D eigenvalue weighted by Crippen LogP contribution is 2.23. The lowest BCUT2D eigenvalue weighted by molar-refractivity contribution is -0.137. The monoisotopic (exact) mass is 274 g/mol. The van der Waals surface area contributed by atoms with Crippen molar-refractivity contribution in [3.63, 3.8) is 0 Å². The second-order valence-electron chi connectivity index (χ2n) is 3.07. The number of carbonyl (C=O) groups is 1. The lowest BCUT2D eigenvalue weighted by Crippen LogP contribution is -2.00. The lowest BCUT2D eigenvalue weighted by Gasteiger charge is -2.04. The first kappa shape index (κ1) is 13.9. The van der Waals surface area contributed by atoms with Crippen LogP contribution in [-0.2, 0) is 9.53 Å². The Balaban J connectivity index is 2.43. The molecule has 0 saturated carbocycles. The van der Waals surface area contributed by atoms with Gasteiger partial charge in [-0.05, 0) is 31.2 Å². The third kappa shape index (κ3) is 5.61. The lowest BCUT2D eigenvalue weighted by atomic mass is 10.3. The molecule has 0 N–H and O–H groups in total. The smallest absolute Gasteiger partial charge is 0.330 e. The minimum Gasteiger partial charge on any atom is -0.489 e. The van der Waals surface area contributed by atoms with Crippen molar-refractivity contribution in [2.75, 3.05) is 13.2 Å². The molecule has 0 amide bonds. The predicted molar refractivity (Wildman–Crippen MR) is 67.7 cm³/mol. The van der Waals surface area contributed by atoms with Crippen molar-refractivity contribution in [1.82, 2.24) is 0 Å². The maximum absolute atomic E-state index is 11.0. The summed E-state index contributed by atoms with van der Waals surface area (Å²) in [5.74, 6) is 0.163. The van der Waals surface area contributed by atoms with Crippen molar-refractivity contribution < 1.29 is 14.3 Å². The molecular formula is C12H12Cl2O3. The Labute approximate surface area is 110 Å². The van der Waals surface area contributed by atoms with Crippen LogP contribution in [0.15, 0.2) is 30.4 Å². The van der Waals surface area contributed by atoms with Crippen LogP contribution in [0.3, 0.4) is 0 Å². The fourth-order valence-electron chi connectivity index (χ4n) is 1.09. The molecule has 0 radical (unpaired) electrons. The van der Waals surface area contributed by atoms with Gasteiger partial charge in [-0.1, -0.05) is 23.2 Å². The van der Waals surface area contributed by atoms with Crippen molar-refractivity contribution in [3.8, 4) is 5.75 Å². The van der Waals surface area contributed by atoms with E-state index in [4.69, 9.17) is 32.7 Å². The molecule has 0 aliphatic rings. The zero-order chi connectivity index (χ0) is 12.7. The van der Waals surface area contributed by atoms with E-state index >= 15 is 0 Å². The van der Waals surface area contributed by atoms with E-state index in [1.54, 1.807) is 31.2 Å². The largest absolute Gasteiger partial charge is 0.489 e. The third-order valence-electron chi connectivity index (χ3n) is 1.72. The van der Waals surface area contributed by atoms with Crippen LogP contribution < -0.4 is 4.74 Å². The van der Waals surface area contributed by atoms with Gasteiger partial charge < -0.3 is 9.47 Å². The first-order valence-corrected chi connectivity index (χ1v) is 5.79. The first-order chi connectivity index (χ1) is 8.11. The van der Waals surface area contributed by atoms with Crippen molar-refractivity contribution in [1.29, 1.82) is 0 Å². The van der Waals surface area contributed by atoms with E-state index in [0.717, 1.165) is 0 Å². The highest BCUT2D eigenvalue weighted by atomic mass is 35.5. The average molecular weight is 275 g/mol. The number of ether oxygens (including phenoxy) is 2. The van der Waals surface area contributed by atoms with E-state index in [1.807, 2.05) is 0 Å². The average Bonchev–Trinajstić information content (AvgIpc) is 2.23. The molecule has 5 heteroatoms. The van der Waals surface area contributed by atoms with Gasteiger partial charge in [0.15, 0.2) is 0 Å². The molecule has 1 rings (SSSR count). The molecular weight excluding hydrogens is 263 g/mol. The standard InChI is InChI=1S/C12H12Cl2O3/c1-2-16-12(15)4-3-5-17-11-7-9(13)6-10(14)8-11/h3-4,6-8H,2,5H2,1H3/b4-3+. The zero-order valence-electron chi connectivity index (χ0n) is 9.28. The minimum atomic E-state index is -0.389. The molecule has 0 aliphatic heterocycles. The van der Waals surface area contributed by atoms with E-state index in [-0.39, 0.29) is 12.6 Å². The van der Waals surface area contributed by atoms with E-state index in [1.165, 1.54) is 6.08 Å². The maximum Gasteiger partial charge on any atom is 0.330 e. The highest BCUT2D eigenvalue weighted by molar-refractivity contribution is 6.34. The second-order valence-corrected chi connectivity index (χ2v) is 3.94. The van der Waals surface area contributed by atoms with Crippen LogP contribution in [0.1, 0.15) is 6.92 Å². The van der Waals surface area contributed by atoms with E-state index in [9.17, 15) is 4.79 Å². The Morgan fingerprint density at radius 2 is 1.94 bits per heavy atom. The molecule has 92 valence electrons. The van der Waals surface area contributed by atoms with Gasteiger partial charge >= 0.3 is 5.97 Å². The number of hydrogen-bond donors (Lipinski definition) is 0. The van der Waals surface area contributed by atoms with Gasteiger partial charge in [0.05, 0.1) is 6.61 Å². The summed E-state index contributed by atoms with van der Waals surface area (Å²) >= 11 is 11.6. The summed E-state index contributed by atoms with van der Waals surface area (Å²) in [4.78, 5) is 11.0. The molecule has 0 heterocycles. The van der Waals surface area contributed by atoms with Crippen LogP contribution >= 0.6 is 23.2 Å². The van der Waals surface area contributed by atoms with Crippen LogP contribution in [0.4, 0.5) is 0 Å². The third-order valence-corrected chi connectivity index (χ3v) is 2.16. The topological polar surface area (TPSA) is 35.5 Å². The fourth-order valence-corrected chi connectivity index (χ4v) is 1.60. The number of rotatable bonds is 5. The van der Waals surface area contributed by atoms with E-state index in [2.05, 4.69) is 0 Å². The van der Waals surface area contributed by atoms with Crippen molar-refractivity contribution in [3.05, 3.63) is 40.4 Å². The summed E-state index contributed by atoms with van der Waals surface area (Å²) in [5, 5.41) is 1.00. The number of benzene rings is 1. The quantitative estimate of drug-likeness (QED) is 0.609. The summed E-state index contributed by atoms with van der Waals surface area (Å²) in [6.45, 7) is 2.35. The van der Waals surface area contributed by atoms with E-state index in [0.29, 0.717) is 22.4 Å². The van der Waals surface area contributed by atoms with Gasteiger partial charge in [0, 0.05) is 16.1 Å². The predicted octanol–water partition coefficient (Wildman–Crippen LogP) is 3.49. The summed E-state index contributed by atoms with van der Waals surface area (Å²) in [6.07, 6.45) is 2.88. The van der Waals surface area contributed by atoms with Gasteiger partial charge in [0.2, 0.25) is 0 Å². The number of halogens is 2.